The van der Waals surface area contributed by atoms with Crippen molar-refractivity contribution in [2.75, 3.05) is 5.32 Å². The zero-order valence-corrected chi connectivity index (χ0v) is 13.7. The van der Waals surface area contributed by atoms with Gasteiger partial charge >= 0.3 is 0 Å². The summed E-state index contributed by atoms with van der Waals surface area (Å²) >= 11 is 14.9. The predicted octanol–water partition coefficient (Wildman–Crippen LogP) is 4.62. The van der Waals surface area contributed by atoms with Gasteiger partial charge in [-0.2, -0.15) is 0 Å². The first-order valence-electron chi connectivity index (χ1n) is 5.73. The van der Waals surface area contributed by atoms with Crippen LogP contribution >= 0.6 is 39.1 Å². The third-order valence-corrected chi connectivity index (χ3v) is 3.79. The lowest BCUT2D eigenvalue weighted by Crippen LogP contribution is -2.12. The van der Waals surface area contributed by atoms with E-state index < -0.39 is 10.8 Å². The maximum Gasteiger partial charge on any atom is 0.289 e. The highest BCUT2D eigenvalue weighted by molar-refractivity contribution is 9.10. The minimum atomic E-state index is -0.681. The summed E-state index contributed by atoms with van der Waals surface area (Å²) in [5.74, 6) is -0.851. The van der Waals surface area contributed by atoms with Crippen molar-refractivity contribution in [1.82, 2.24) is 0 Å². The van der Waals surface area contributed by atoms with Gasteiger partial charge in [-0.05, 0) is 24.3 Å². The van der Waals surface area contributed by atoms with Crippen molar-refractivity contribution in [1.29, 1.82) is 0 Å². The van der Waals surface area contributed by atoms with E-state index in [1.165, 1.54) is 18.2 Å². The van der Waals surface area contributed by atoms with Crippen LogP contribution in [0.5, 0.6) is 5.75 Å². The lowest BCUT2D eigenvalue weighted by molar-refractivity contribution is -0.384. The molecule has 0 unspecified atom stereocenters. The molecule has 2 aromatic carbocycles. The SMILES string of the molecule is O=C(Nc1cc(Cl)c([N+](=O)[O-])cc1Cl)c1cc(Br)ccc1O. The van der Waals surface area contributed by atoms with Crippen LogP contribution in [0, 0.1) is 10.1 Å². The molecule has 2 rings (SSSR count). The Morgan fingerprint density at radius 3 is 2.55 bits per heavy atom. The van der Waals surface area contributed by atoms with Crippen molar-refractivity contribution in [3.8, 4) is 5.75 Å². The number of nitrogens with one attached hydrogen (secondary N) is 1. The number of halogens is 3. The number of amides is 1. The van der Waals surface area contributed by atoms with Crippen LogP contribution in [-0.4, -0.2) is 15.9 Å². The molecule has 9 heteroatoms. The zero-order valence-electron chi connectivity index (χ0n) is 10.6. The van der Waals surface area contributed by atoms with Gasteiger partial charge in [-0.1, -0.05) is 39.1 Å². The summed E-state index contributed by atoms with van der Waals surface area (Å²) in [4.78, 5) is 22.2. The number of aromatic hydroxyl groups is 1. The molecule has 0 bridgehead atoms. The average molecular weight is 406 g/mol. The summed E-state index contributed by atoms with van der Waals surface area (Å²) in [6.45, 7) is 0. The highest BCUT2D eigenvalue weighted by Gasteiger charge is 2.19. The van der Waals surface area contributed by atoms with Gasteiger partial charge in [0.15, 0.2) is 0 Å². The minimum absolute atomic E-state index is 0.0138. The number of nitrogens with zero attached hydrogens (tertiary/aromatic N) is 1. The van der Waals surface area contributed by atoms with Crippen LogP contribution in [0.25, 0.3) is 0 Å². The van der Waals surface area contributed by atoms with E-state index in [9.17, 15) is 20.0 Å². The molecule has 6 nitrogen and oxygen atoms in total. The summed E-state index contributed by atoms with van der Waals surface area (Å²) in [6.07, 6.45) is 0. The predicted molar refractivity (Wildman–Crippen MR) is 86.9 cm³/mol. The van der Waals surface area contributed by atoms with Gasteiger partial charge in [-0.3, -0.25) is 14.9 Å². The first-order valence-corrected chi connectivity index (χ1v) is 7.28. The van der Waals surface area contributed by atoms with Gasteiger partial charge in [0, 0.05) is 10.5 Å². The largest absolute Gasteiger partial charge is 0.507 e. The number of phenols is 1. The lowest BCUT2D eigenvalue weighted by atomic mass is 10.2. The highest BCUT2D eigenvalue weighted by Crippen LogP contribution is 2.34. The third kappa shape index (κ3) is 3.49. The van der Waals surface area contributed by atoms with E-state index in [1.54, 1.807) is 6.07 Å². The van der Waals surface area contributed by atoms with Gasteiger partial charge in [-0.25, -0.2) is 0 Å². The molecule has 0 fully saturated rings. The molecule has 0 spiro atoms. The Kier molecular flexibility index (Phi) is 4.90. The molecule has 1 amide bonds. The van der Waals surface area contributed by atoms with E-state index in [4.69, 9.17) is 23.2 Å². The zero-order chi connectivity index (χ0) is 16.4. The Morgan fingerprint density at radius 1 is 1.23 bits per heavy atom. The normalized spacial score (nSPS) is 10.3. The first-order chi connectivity index (χ1) is 10.3. The number of phenolic OH excluding ortho intramolecular Hbond substituents is 1. The fourth-order valence-electron chi connectivity index (χ4n) is 1.65. The van der Waals surface area contributed by atoms with Gasteiger partial charge in [0.1, 0.15) is 10.8 Å². The van der Waals surface area contributed by atoms with Crippen molar-refractivity contribution in [2.45, 2.75) is 0 Å². The smallest absolute Gasteiger partial charge is 0.289 e. The number of carbonyl (C=O) groups is 1. The molecule has 2 N–H and O–H groups in total. The first kappa shape index (κ1) is 16.5. The Morgan fingerprint density at radius 2 is 1.91 bits per heavy atom. The summed E-state index contributed by atoms with van der Waals surface area (Å²) in [6, 6.07) is 6.56. The van der Waals surface area contributed by atoms with E-state index in [-0.39, 0.29) is 32.7 Å². The molecule has 0 radical (unpaired) electrons. The second-order valence-corrected chi connectivity index (χ2v) is 5.89. The summed E-state index contributed by atoms with van der Waals surface area (Å²) < 4.78 is 0.600. The second-order valence-electron chi connectivity index (χ2n) is 4.16. The Balaban J connectivity index is 2.35. The molecule has 0 aliphatic heterocycles. The van der Waals surface area contributed by atoms with Crippen LogP contribution in [0.15, 0.2) is 34.8 Å². The van der Waals surface area contributed by atoms with E-state index in [1.807, 2.05) is 0 Å². The maximum absolute atomic E-state index is 12.1. The molecule has 0 aliphatic carbocycles. The Hall–Kier alpha value is -1.83. The average Bonchev–Trinajstić information content (AvgIpc) is 2.44. The Labute approximate surface area is 142 Å². The van der Waals surface area contributed by atoms with Crippen molar-refractivity contribution >= 4 is 56.4 Å². The van der Waals surface area contributed by atoms with E-state index in [0.29, 0.717) is 4.47 Å². The third-order valence-electron chi connectivity index (χ3n) is 2.68. The number of hydrogen-bond donors (Lipinski definition) is 2. The van der Waals surface area contributed by atoms with Crippen LogP contribution in [0.1, 0.15) is 10.4 Å². The number of anilines is 1. The molecule has 0 heterocycles. The van der Waals surface area contributed by atoms with Crippen molar-refractivity contribution in [2.24, 2.45) is 0 Å². The fraction of sp³-hybridized carbons (Fsp3) is 0. The highest BCUT2D eigenvalue weighted by atomic mass is 79.9. The molecule has 22 heavy (non-hydrogen) atoms. The number of benzene rings is 2. The number of nitro groups is 1. The number of carbonyl (C=O) groups excluding carboxylic acids is 1. The lowest BCUT2D eigenvalue weighted by Gasteiger charge is -2.09. The van der Waals surface area contributed by atoms with Gasteiger partial charge in [-0.15, -0.1) is 0 Å². The molecular weight excluding hydrogens is 399 g/mol. The van der Waals surface area contributed by atoms with E-state index >= 15 is 0 Å². The molecule has 0 saturated heterocycles. The second kappa shape index (κ2) is 6.51. The quantitative estimate of drug-likeness (QED) is 0.575. The van der Waals surface area contributed by atoms with Crippen molar-refractivity contribution in [3.05, 3.63) is 60.5 Å². The monoisotopic (exact) mass is 404 g/mol. The van der Waals surface area contributed by atoms with Gasteiger partial charge in [0.25, 0.3) is 11.6 Å². The summed E-state index contributed by atoms with van der Waals surface area (Å²) in [5, 5.41) is 22.7. The van der Waals surface area contributed by atoms with Crippen LogP contribution < -0.4 is 5.32 Å². The topological polar surface area (TPSA) is 92.5 Å². The number of nitro benzene ring substituents is 1. The molecule has 114 valence electrons. The standard InChI is InChI=1S/C13H7BrCl2N2O4/c14-6-1-2-12(19)7(3-6)13(20)17-10-4-9(16)11(18(21)22)5-8(10)15/h1-5,19H,(H,17,20). The van der Waals surface area contributed by atoms with Crippen molar-refractivity contribution in [3.63, 3.8) is 0 Å². The minimum Gasteiger partial charge on any atom is -0.507 e. The van der Waals surface area contributed by atoms with Crippen LogP contribution in [-0.2, 0) is 0 Å². The molecule has 0 aromatic heterocycles. The van der Waals surface area contributed by atoms with Crippen LogP contribution in [0.3, 0.4) is 0 Å². The number of hydrogen-bond acceptors (Lipinski definition) is 4. The van der Waals surface area contributed by atoms with E-state index in [0.717, 1.165) is 6.07 Å². The van der Waals surface area contributed by atoms with Gasteiger partial charge in [0.2, 0.25) is 0 Å². The molecule has 0 saturated carbocycles. The maximum atomic E-state index is 12.1. The Bertz CT molecular complexity index is 783. The van der Waals surface area contributed by atoms with Gasteiger partial charge < -0.3 is 10.4 Å². The summed E-state index contributed by atoms with van der Waals surface area (Å²) in [5.41, 5.74) is -0.253. The summed E-state index contributed by atoms with van der Waals surface area (Å²) in [7, 11) is 0. The molecule has 0 atom stereocenters. The molecular formula is C13H7BrCl2N2O4. The van der Waals surface area contributed by atoms with Crippen LogP contribution in [0.2, 0.25) is 10.0 Å². The molecule has 0 aliphatic rings. The van der Waals surface area contributed by atoms with E-state index in [2.05, 4.69) is 21.2 Å². The molecule has 2 aromatic rings. The number of rotatable bonds is 3. The van der Waals surface area contributed by atoms with Crippen molar-refractivity contribution < 1.29 is 14.8 Å². The van der Waals surface area contributed by atoms with Gasteiger partial charge in [0.05, 0.1) is 21.2 Å². The fourth-order valence-corrected chi connectivity index (χ4v) is 2.45. The van der Waals surface area contributed by atoms with Crippen LogP contribution in [0.4, 0.5) is 11.4 Å².